The number of para-hydroxylation sites is 1. The van der Waals surface area contributed by atoms with Gasteiger partial charge in [0.15, 0.2) is 0 Å². The Balaban J connectivity index is 1.39. The zero-order chi connectivity index (χ0) is 16.8. The van der Waals surface area contributed by atoms with Crippen LogP contribution in [-0.4, -0.2) is 37.7 Å². The predicted molar refractivity (Wildman–Crippen MR) is 99.3 cm³/mol. The van der Waals surface area contributed by atoms with Crippen LogP contribution in [0.4, 0.5) is 5.82 Å². The highest BCUT2D eigenvalue weighted by Gasteiger charge is 2.25. The van der Waals surface area contributed by atoms with Crippen molar-refractivity contribution in [2.45, 2.75) is 25.7 Å². The summed E-state index contributed by atoms with van der Waals surface area (Å²) in [6.45, 7) is 4.00. The number of benzene rings is 1. The fourth-order valence-corrected chi connectivity index (χ4v) is 4.69. The third kappa shape index (κ3) is 2.55. The first-order chi connectivity index (χ1) is 12.3. The minimum absolute atomic E-state index is 0.544. The molecule has 5 rings (SSSR count). The second-order valence-electron chi connectivity index (χ2n) is 6.51. The van der Waals surface area contributed by atoms with E-state index in [-0.39, 0.29) is 0 Å². The van der Waals surface area contributed by atoms with Gasteiger partial charge in [-0.1, -0.05) is 12.1 Å². The number of piperidine rings is 1. The lowest BCUT2D eigenvalue weighted by molar-refractivity contribution is 0.498. The van der Waals surface area contributed by atoms with Crippen molar-refractivity contribution in [3.63, 3.8) is 0 Å². The van der Waals surface area contributed by atoms with Gasteiger partial charge < -0.3 is 4.90 Å². The molecule has 0 spiro atoms. The summed E-state index contributed by atoms with van der Waals surface area (Å²) in [5.74, 6) is 2.30. The lowest BCUT2D eigenvalue weighted by atomic mass is 9.97. The fraction of sp³-hybridized carbons (Fsp3) is 0.333. The molecule has 1 aliphatic rings. The Hall–Kier alpha value is -2.54. The van der Waals surface area contributed by atoms with Crippen molar-refractivity contribution in [2.75, 3.05) is 18.0 Å². The van der Waals surface area contributed by atoms with E-state index in [1.54, 1.807) is 6.33 Å². The van der Waals surface area contributed by atoms with Crippen LogP contribution in [0.5, 0.6) is 0 Å². The Kier molecular flexibility index (Phi) is 3.41. The van der Waals surface area contributed by atoms with E-state index >= 15 is 0 Å². The molecule has 6 nitrogen and oxygen atoms in total. The van der Waals surface area contributed by atoms with E-state index in [2.05, 4.69) is 50.3 Å². The van der Waals surface area contributed by atoms with Crippen LogP contribution in [0, 0.1) is 6.92 Å². The molecular weight excluding hydrogens is 332 g/mol. The molecule has 4 aromatic rings. The molecule has 3 aromatic heterocycles. The van der Waals surface area contributed by atoms with Crippen molar-refractivity contribution in [3.8, 4) is 0 Å². The molecule has 1 saturated heterocycles. The zero-order valence-corrected chi connectivity index (χ0v) is 14.8. The van der Waals surface area contributed by atoms with Crippen molar-refractivity contribution in [1.82, 2.24) is 24.6 Å². The third-order valence-electron chi connectivity index (χ3n) is 4.84. The molecule has 0 saturated carbocycles. The topological polar surface area (TPSA) is 59.2 Å². The summed E-state index contributed by atoms with van der Waals surface area (Å²) in [5.41, 5.74) is 2.10. The van der Waals surface area contributed by atoms with Gasteiger partial charge in [0.05, 0.1) is 15.2 Å². The molecule has 0 unspecified atom stereocenters. The number of aryl methyl sites for hydroxylation is 1. The average molecular weight is 350 g/mol. The lowest BCUT2D eigenvalue weighted by Crippen LogP contribution is -2.34. The molecule has 0 N–H and O–H groups in total. The summed E-state index contributed by atoms with van der Waals surface area (Å²) in [6.07, 6.45) is 3.79. The van der Waals surface area contributed by atoms with Crippen LogP contribution in [-0.2, 0) is 0 Å². The van der Waals surface area contributed by atoms with E-state index in [4.69, 9.17) is 4.98 Å². The zero-order valence-electron chi connectivity index (χ0n) is 14.0. The number of anilines is 1. The molecule has 4 heterocycles. The Labute approximate surface area is 149 Å². The van der Waals surface area contributed by atoms with Crippen LogP contribution < -0.4 is 4.90 Å². The van der Waals surface area contributed by atoms with E-state index in [0.29, 0.717) is 11.7 Å². The second-order valence-corrected chi connectivity index (χ2v) is 7.57. The van der Waals surface area contributed by atoms with Gasteiger partial charge in [-0.05, 0) is 31.9 Å². The first kappa shape index (κ1) is 14.8. The number of rotatable bonds is 2. The van der Waals surface area contributed by atoms with Gasteiger partial charge in [0.1, 0.15) is 12.1 Å². The number of fused-ring (bicyclic) bond motifs is 2. The highest BCUT2D eigenvalue weighted by molar-refractivity contribution is 7.18. The summed E-state index contributed by atoms with van der Waals surface area (Å²) in [6, 6.07) is 10.5. The summed E-state index contributed by atoms with van der Waals surface area (Å²) < 4.78 is 3.12. The van der Waals surface area contributed by atoms with E-state index in [0.717, 1.165) is 43.0 Å². The van der Waals surface area contributed by atoms with Crippen LogP contribution in [0.3, 0.4) is 0 Å². The Morgan fingerprint density at radius 1 is 1.12 bits per heavy atom. The largest absolute Gasteiger partial charge is 0.356 e. The van der Waals surface area contributed by atoms with Gasteiger partial charge in [0.25, 0.3) is 5.78 Å². The monoisotopic (exact) mass is 350 g/mol. The minimum Gasteiger partial charge on any atom is -0.356 e. The fourth-order valence-electron chi connectivity index (χ4n) is 3.56. The summed E-state index contributed by atoms with van der Waals surface area (Å²) in [5, 5.41) is 5.61. The molecule has 0 atom stereocenters. The van der Waals surface area contributed by atoms with E-state index in [1.807, 2.05) is 22.8 Å². The normalized spacial score (nSPS) is 16.1. The number of aromatic nitrogens is 5. The van der Waals surface area contributed by atoms with E-state index in [1.165, 1.54) is 9.71 Å². The van der Waals surface area contributed by atoms with Crippen LogP contribution in [0.2, 0.25) is 0 Å². The molecule has 0 radical (unpaired) electrons. The highest BCUT2D eigenvalue weighted by Crippen LogP contribution is 2.35. The van der Waals surface area contributed by atoms with Crippen LogP contribution in [0.25, 0.3) is 16.0 Å². The van der Waals surface area contributed by atoms with Gasteiger partial charge in [-0.25, -0.2) is 9.97 Å². The lowest BCUT2D eigenvalue weighted by Gasteiger charge is -2.32. The Morgan fingerprint density at radius 3 is 2.80 bits per heavy atom. The van der Waals surface area contributed by atoms with Crippen molar-refractivity contribution in [3.05, 3.63) is 47.4 Å². The molecule has 25 heavy (non-hydrogen) atoms. The van der Waals surface area contributed by atoms with Gasteiger partial charge in [-0.2, -0.15) is 14.6 Å². The first-order valence-corrected chi connectivity index (χ1v) is 9.37. The minimum atomic E-state index is 0.544. The summed E-state index contributed by atoms with van der Waals surface area (Å²) >= 11 is 1.84. The number of thiazole rings is 1. The standard InChI is InChI=1S/C18H18N6S/c1-12-10-16(24-18(21-12)19-11-20-24)23-8-6-13(7-9-23)17-22-14-4-2-3-5-15(14)25-17/h2-5,10-11,13H,6-9H2,1H3. The SMILES string of the molecule is Cc1cc(N2CCC(c3nc4ccccc4s3)CC2)n2ncnc2n1. The molecule has 0 aliphatic carbocycles. The second kappa shape index (κ2) is 5.77. The average Bonchev–Trinajstić information content (AvgIpc) is 3.27. The smallest absolute Gasteiger partial charge is 0.254 e. The molecule has 126 valence electrons. The quantitative estimate of drug-likeness (QED) is 0.554. The van der Waals surface area contributed by atoms with Crippen molar-refractivity contribution >= 4 is 33.1 Å². The van der Waals surface area contributed by atoms with Gasteiger partial charge in [0.2, 0.25) is 0 Å². The number of nitrogens with zero attached hydrogens (tertiary/aromatic N) is 6. The van der Waals surface area contributed by atoms with Crippen LogP contribution in [0.1, 0.15) is 29.5 Å². The van der Waals surface area contributed by atoms with Crippen molar-refractivity contribution in [1.29, 1.82) is 0 Å². The summed E-state index contributed by atoms with van der Waals surface area (Å²) in [4.78, 5) is 15.9. The number of hydrogen-bond acceptors (Lipinski definition) is 6. The van der Waals surface area contributed by atoms with E-state index < -0.39 is 0 Å². The van der Waals surface area contributed by atoms with Crippen LogP contribution >= 0.6 is 11.3 Å². The Morgan fingerprint density at radius 2 is 1.96 bits per heavy atom. The molecular formula is C18H18N6S. The third-order valence-corrected chi connectivity index (χ3v) is 6.04. The van der Waals surface area contributed by atoms with Crippen molar-refractivity contribution < 1.29 is 0 Å². The molecule has 1 aliphatic heterocycles. The molecule has 0 bridgehead atoms. The molecule has 1 aromatic carbocycles. The van der Waals surface area contributed by atoms with Gasteiger partial charge in [-0.15, -0.1) is 11.3 Å². The maximum atomic E-state index is 4.85. The Bertz CT molecular complexity index is 1010. The first-order valence-electron chi connectivity index (χ1n) is 8.56. The van der Waals surface area contributed by atoms with E-state index in [9.17, 15) is 0 Å². The van der Waals surface area contributed by atoms with Gasteiger partial charge in [-0.3, -0.25) is 0 Å². The van der Waals surface area contributed by atoms with Crippen LogP contribution in [0.15, 0.2) is 36.7 Å². The predicted octanol–water partition coefficient (Wildman–Crippen LogP) is 3.43. The van der Waals surface area contributed by atoms with Gasteiger partial charge in [0, 0.05) is 30.8 Å². The van der Waals surface area contributed by atoms with Crippen molar-refractivity contribution in [2.24, 2.45) is 0 Å². The highest BCUT2D eigenvalue weighted by atomic mass is 32.1. The molecule has 7 heteroatoms. The molecule has 0 amide bonds. The van der Waals surface area contributed by atoms with Gasteiger partial charge >= 0.3 is 0 Å². The maximum absolute atomic E-state index is 4.85. The number of hydrogen-bond donors (Lipinski definition) is 0. The maximum Gasteiger partial charge on any atom is 0.254 e. The summed E-state index contributed by atoms with van der Waals surface area (Å²) in [7, 11) is 0. The molecule has 1 fully saturated rings.